The van der Waals surface area contributed by atoms with Gasteiger partial charge in [0, 0.05) is 0 Å². The Balaban J connectivity index is 2.50. The second-order valence-electron chi connectivity index (χ2n) is 5.33. The highest BCUT2D eigenvalue weighted by atomic mass is 19.4. The molecule has 25 heavy (non-hydrogen) atoms. The summed E-state index contributed by atoms with van der Waals surface area (Å²) in [6, 6.07) is 8.17. The van der Waals surface area contributed by atoms with E-state index in [1.165, 1.54) is 31.2 Å². The summed E-state index contributed by atoms with van der Waals surface area (Å²) in [4.78, 5) is 11.1. The van der Waals surface area contributed by atoms with Crippen LogP contribution in [0.4, 0.5) is 26.3 Å². The first-order valence-corrected chi connectivity index (χ1v) is 7.05. The van der Waals surface area contributed by atoms with Gasteiger partial charge in [-0.2, -0.15) is 26.3 Å². The van der Waals surface area contributed by atoms with Gasteiger partial charge in [0.05, 0.1) is 11.1 Å². The molecule has 0 aliphatic rings. The molecule has 0 saturated carbocycles. The van der Waals surface area contributed by atoms with Crippen molar-refractivity contribution in [1.82, 2.24) is 0 Å². The van der Waals surface area contributed by atoms with Gasteiger partial charge in [-0.05, 0) is 53.5 Å². The van der Waals surface area contributed by atoms with Crippen molar-refractivity contribution in [1.29, 1.82) is 0 Å². The average molecular weight is 358 g/mol. The fourth-order valence-electron chi connectivity index (χ4n) is 2.33. The maximum atomic E-state index is 12.6. The van der Waals surface area contributed by atoms with Crippen molar-refractivity contribution >= 4 is 11.9 Å². The maximum absolute atomic E-state index is 12.6. The number of hydrogen-bond acceptors (Lipinski definition) is 1. The minimum Gasteiger partial charge on any atom is -0.298 e. The Morgan fingerprint density at radius 2 is 1.04 bits per heavy atom. The number of hydrogen-bond donors (Lipinski definition) is 0. The molecule has 0 aromatic heterocycles. The highest BCUT2D eigenvalue weighted by Gasteiger charge is 2.31. The molecule has 7 heteroatoms. The van der Waals surface area contributed by atoms with E-state index in [1.54, 1.807) is 0 Å². The molecule has 0 amide bonds. The number of allylic oxidation sites excluding steroid dienone is 1. The van der Waals surface area contributed by atoms with E-state index in [9.17, 15) is 31.1 Å². The summed E-state index contributed by atoms with van der Waals surface area (Å²) in [7, 11) is 0. The van der Waals surface area contributed by atoms with Crippen LogP contribution in [-0.4, -0.2) is 6.29 Å². The molecule has 0 N–H and O–H groups in total. The summed E-state index contributed by atoms with van der Waals surface area (Å²) >= 11 is 0. The Kier molecular flexibility index (Phi) is 5.06. The largest absolute Gasteiger partial charge is 0.416 e. The van der Waals surface area contributed by atoms with Crippen LogP contribution in [0.3, 0.4) is 0 Å². The Hall–Kier alpha value is -2.57. The molecule has 1 nitrogen and oxygen atoms in total. The van der Waals surface area contributed by atoms with Crippen LogP contribution in [0.25, 0.3) is 5.57 Å². The number of halogens is 6. The van der Waals surface area contributed by atoms with E-state index < -0.39 is 23.5 Å². The van der Waals surface area contributed by atoms with E-state index in [-0.39, 0.29) is 11.1 Å². The van der Waals surface area contributed by atoms with E-state index in [4.69, 9.17) is 0 Å². The van der Waals surface area contributed by atoms with Gasteiger partial charge in [-0.25, -0.2) is 0 Å². The number of rotatable bonds is 3. The van der Waals surface area contributed by atoms with Crippen LogP contribution in [0, 0.1) is 0 Å². The van der Waals surface area contributed by atoms with Crippen LogP contribution in [-0.2, 0) is 17.1 Å². The van der Waals surface area contributed by atoms with E-state index in [0.717, 1.165) is 24.3 Å². The molecule has 132 valence electrons. The van der Waals surface area contributed by atoms with Gasteiger partial charge in [-0.15, -0.1) is 0 Å². The molecular weight excluding hydrogens is 346 g/mol. The molecule has 2 rings (SSSR count). The predicted molar refractivity (Wildman–Crippen MR) is 80.6 cm³/mol. The van der Waals surface area contributed by atoms with Crippen LogP contribution in [0.5, 0.6) is 0 Å². The quantitative estimate of drug-likeness (QED) is 0.388. The Bertz CT molecular complexity index is 721. The van der Waals surface area contributed by atoms with Crippen molar-refractivity contribution in [2.24, 2.45) is 0 Å². The molecule has 0 heterocycles. The predicted octanol–water partition coefficient (Wildman–Crippen LogP) is 5.74. The van der Waals surface area contributed by atoms with Gasteiger partial charge in [0.25, 0.3) is 0 Å². The van der Waals surface area contributed by atoms with Crippen molar-refractivity contribution in [3.05, 3.63) is 76.4 Å². The van der Waals surface area contributed by atoms with Gasteiger partial charge in [0.15, 0.2) is 0 Å². The SMILES string of the molecule is CC(C=O)=C(c1ccc(C(F)(F)F)cc1)c1ccc(C(F)(F)F)cc1. The zero-order valence-electron chi connectivity index (χ0n) is 12.9. The first kappa shape index (κ1) is 18.8. The monoisotopic (exact) mass is 358 g/mol. The van der Waals surface area contributed by atoms with Crippen LogP contribution in [0.2, 0.25) is 0 Å². The topological polar surface area (TPSA) is 17.1 Å². The Morgan fingerprint density at radius 3 is 1.28 bits per heavy atom. The molecule has 0 radical (unpaired) electrons. The minimum atomic E-state index is -4.50. The Labute approximate surface area is 139 Å². The summed E-state index contributed by atoms with van der Waals surface area (Å²) in [6.07, 6.45) is -8.50. The molecule has 0 unspecified atom stereocenters. The molecule has 2 aromatic carbocycles. The van der Waals surface area contributed by atoms with E-state index >= 15 is 0 Å². The second kappa shape index (κ2) is 6.74. The van der Waals surface area contributed by atoms with E-state index in [2.05, 4.69) is 0 Å². The number of carbonyl (C=O) groups excluding carboxylic acids is 1. The first-order valence-electron chi connectivity index (χ1n) is 7.05. The highest BCUT2D eigenvalue weighted by molar-refractivity contribution is 5.94. The number of carbonyl (C=O) groups is 1. The number of benzene rings is 2. The zero-order chi connectivity index (χ0) is 18.8. The van der Waals surface area contributed by atoms with E-state index in [0.29, 0.717) is 17.4 Å². The third-order valence-electron chi connectivity index (χ3n) is 3.57. The summed E-state index contributed by atoms with van der Waals surface area (Å²) in [5.74, 6) is 0. The lowest BCUT2D eigenvalue weighted by molar-refractivity contribution is -0.138. The normalized spacial score (nSPS) is 12.0. The van der Waals surface area contributed by atoms with Gasteiger partial charge in [0.1, 0.15) is 6.29 Å². The average Bonchev–Trinajstić information content (AvgIpc) is 2.54. The van der Waals surface area contributed by atoms with Gasteiger partial charge >= 0.3 is 12.4 Å². The summed E-state index contributed by atoms with van der Waals surface area (Å²) in [6.45, 7) is 1.44. The van der Waals surface area contributed by atoms with E-state index in [1.807, 2.05) is 0 Å². The third-order valence-corrected chi connectivity index (χ3v) is 3.57. The zero-order valence-corrected chi connectivity index (χ0v) is 12.9. The fraction of sp³-hybridized carbons (Fsp3) is 0.167. The minimum absolute atomic E-state index is 0.194. The van der Waals surface area contributed by atoms with Gasteiger partial charge in [0.2, 0.25) is 0 Å². The lowest BCUT2D eigenvalue weighted by atomic mass is 9.92. The molecule has 0 aliphatic carbocycles. The Morgan fingerprint density at radius 1 is 0.720 bits per heavy atom. The van der Waals surface area contributed by atoms with Gasteiger partial charge in [-0.1, -0.05) is 24.3 Å². The van der Waals surface area contributed by atoms with Crippen molar-refractivity contribution < 1.29 is 31.1 Å². The van der Waals surface area contributed by atoms with Gasteiger partial charge in [-0.3, -0.25) is 4.79 Å². The first-order chi connectivity index (χ1) is 11.5. The third kappa shape index (κ3) is 4.29. The highest BCUT2D eigenvalue weighted by Crippen LogP contribution is 2.34. The molecular formula is C18H12F6O. The summed E-state index contributed by atoms with van der Waals surface area (Å²) in [5, 5.41) is 0. The van der Waals surface area contributed by atoms with Crippen LogP contribution in [0.15, 0.2) is 54.1 Å². The van der Waals surface area contributed by atoms with Crippen molar-refractivity contribution in [3.8, 4) is 0 Å². The molecule has 2 aromatic rings. The smallest absolute Gasteiger partial charge is 0.298 e. The van der Waals surface area contributed by atoms with Crippen LogP contribution in [0.1, 0.15) is 29.2 Å². The lowest BCUT2D eigenvalue weighted by Gasteiger charge is -2.14. The van der Waals surface area contributed by atoms with Gasteiger partial charge < -0.3 is 0 Å². The molecule has 0 saturated heterocycles. The molecule has 0 atom stereocenters. The molecule has 0 fully saturated rings. The molecule has 0 bridgehead atoms. The second-order valence-corrected chi connectivity index (χ2v) is 5.33. The lowest BCUT2D eigenvalue weighted by Crippen LogP contribution is -2.05. The van der Waals surface area contributed by atoms with Crippen molar-refractivity contribution in [2.45, 2.75) is 19.3 Å². The number of alkyl halides is 6. The number of aldehydes is 1. The maximum Gasteiger partial charge on any atom is 0.416 e. The summed E-state index contributed by atoms with van der Waals surface area (Å²) in [5.41, 5.74) is -0.634. The van der Waals surface area contributed by atoms with Crippen molar-refractivity contribution in [2.75, 3.05) is 0 Å². The van der Waals surface area contributed by atoms with Crippen LogP contribution < -0.4 is 0 Å². The van der Waals surface area contributed by atoms with Crippen molar-refractivity contribution in [3.63, 3.8) is 0 Å². The molecule has 0 spiro atoms. The van der Waals surface area contributed by atoms with Crippen LogP contribution >= 0.6 is 0 Å². The fourth-order valence-corrected chi connectivity index (χ4v) is 2.33. The summed E-state index contributed by atoms with van der Waals surface area (Å²) < 4.78 is 75.9. The molecule has 0 aliphatic heterocycles. The standard InChI is InChI=1S/C18H12F6O/c1-11(10-25)16(12-2-6-14(7-3-12)17(19,20)21)13-4-8-15(9-5-13)18(22,23)24/h2-10H,1H3.